The molecular formula is C41H46N8O6. The second-order valence-corrected chi connectivity index (χ2v) is 13.5. The van der Waals surface area contributed by atoms with E-state index in [9.17, 15) is 28.8 Å². The number of primary amides is 1. The van der Waals surface area contributed by atoms with Crippen molar-refractivity contribution < 1.29 is 28.8 Å². The number of carbonyl (C=O) groups is 6. The van der Waals surface area contributed by atoms with Crippen LogP contribution in [-0.4, -0.2) is 75.3 Å². The third-order valence-corrected chi connectivity index (χ3v) is 9.43. The summed E-state index contributed by atoms with van der Waals surface area (Å²) in [6.45, 7) is -0.213. The van der Waals surface area contributed by atoms with Crippen LogP contribution in [0.4, 0.5) is 0 Å². The first kappa shape index (κ1) is 39.8. The van der Waals surface area contributed by atoms with Crippen molar-refractivity contribution in [2.75, 3.05) is 13.1 Å². The van der Waals surface area contributed by atoms with Crippen molar-refractivity contribution in [2.24, 2.45) is 23.3 Å². The SMILES string of the molecule is NCC[C@H](CC(=O)[C@@H](Cc1ccccc1)NC(=O)[C@@H](CC(=O)CNC(=O)c1ccccc1)Cc1cnc[nH]1)C(=O)N[C@@H](Cc1c[nH]c2ccccc12)C(N)=O. The lowest BCUT2D eigenvalue weighted by molar-refractivity contribution is -0.134. The van der Waals surface area contributed by atoms with E-state index in [-0.39, 0.29) is 57.4 Å². The van der Waals surface area contributed by atoms with Gasteiger partial charge >= 0.3 is 0 Å². The monoisotopic (exact) mass is 746 g/mol. The van der Waals surface area contributed by atoms with E-state index in [2.05, 4.69) is 30.9 Å². The van der Waals surface area contributed by atoms with Crippen LogP contribution in [0.1, 0.15) is 46.4 Å². The first-order valence-corrected chi connectivity index (χ1v) is 18.1. The molecule has 0 radical (unpaired) electrons. The molecule has 0 bridgehead atoms. The van der Waals surface area contributed by atoms with Crippen LogP contribution in [0.2, 0.25) is 0 Å². The molecule has 5 aromatic rings. The smallest absolute Gasteiger partial charge is 0.251 e. The summed E-state index contributed by atoms with van der Waals surface area (Å²) in [5.74, 6) is -4.93. The summed E-state index contributed by atoms with van der Waals surface area (Å²) in [6, 6.07) is 23.0. The molecule has 0 aliphatic carbocycles. The number of amides is 4. The quantitative estimate of drug-likeness (QED) is 0.0587. The Labute approximate surface area is 318 Å². The zero-order chi connectivity index (χ0) is 39.2. The summed E-state index contributed by atoms with van der Waals surface area (Å²) in [5, 5.41) is 9.09. The van der Waals surface area contributed by atoms with Crippen molar-refractivity contribution in [1.29, 1.82) is 0 Å². The topological polar surface area (TPSA) is 235 Å². The number of nitrogens with zero attached hydrogens (tertiary/aromatic N) is 1. The molecule has 286 valence electrons. The summed E-state index contributed by atoms with van der Waals surface area (Å²) in [4.78, 5) is 90.1. The number of Topliss-reactive ketones (excluding diaryl/α,β-unsaturated/α-hetero) is 2. The second kappa shape index (κ2) is 19.6. The van der Waals surface area contributed by atoms with Crippen molar-refractivity contribution >= 4 is 46.1 Å². The molecule has 4 atom stereocenters. The summed E-state index contributed by atoms with van der Waals surface area (Å²) in [7, 11) is 0. The lowest BCUT2D eigenvalue weighted by Gasteiger charge is -2.25. The van der Waals surface area contributed by atoms with Crippen LogP contribution in [0.5, 0.6) is 0 Å². The maximum Gasteiger partial charge on any atom is 0.251 e. The number of aromatic amines is 2. The van der Waals surface area contributed by atoms with Crippen LogP contribution in [0, 0.1) is 11.8 Å². The number of ketones is 2. The van der Waals surface area contributed by atoms with Crippen LogP contribution in [-0.2, 0) is 43.2 Å². The summed E-state index contributed by atoms with van der Waals surface area (Å²) >= 11 is 0. The molecule has 2 aromatic heterocycles. The molecule has 4 amide bonds. The Balaban J connectivity index is 1.29. The van der Waals surface area contributed by atoms with Gasteiger partial charge in [-0.2, -0.15) is 0 Å². The Morgan fingerprint density at radius 1 is 0.727 bits per heavy atom. The third-order valence-electron chi connectivity index (χ3n) is 9.43. The number of nitrogens with two attached hydrogens (primary N) is 2. The number of aromatic nitrogens is 3. The number of imidazole rings is 1. The predicted octanol–water partition coefficient (Wildman–Crippen LogP) is 2.30. The maximum absolute atomic E-state index is 14.1. The van der Waals surface area contributed by atoms with E-state index in [1.165, 1.54) is 6.33 Å². The van der Waals surface area contributed by atoms with Gasteiger partial charge in [0.05, 0.1) is 24.8 Å². The molecule has 14 nitrogen and oxygen atoms in total. The van der Waals surface area contributed by atoms with Crippen LogP contribution in [0.3, 0.4) is 0 Å². The minimum absolute atomic E-state index is 0.0833. The van der Waals surface area contributed by atoms with Gasteiger partial charge in [-0.25, -0.2) is 4.98 Å². The molecule has 0 saturated heterocycles. The van der Waals surface area contributed by atoms with Gasteiger partial charge in [-0.15, -0.1) is 0 Å². The number of rotatable bonds is 21. The highest BCUT2D eigenvalue weighted by atomic mass is 16.2. The largest absolute Gasteiger partial charge is 0.368 e. The Kier molecular flexibility index (Phi) is 14.2. The highest BCUT2D eigenvalue weighted by Crippen LogP contribution is 2.21. The molecule has 55 heavy (non-hydrogen) atoms. The molecule has 3 aromatic carbocycles. The number of nitrogens with one attached hydrogen (secondary N) is 5. The van der Waals surface area contributed by atoms with E-state index in [0.717, 1.165) is 22.0 Å². The Hall–Kier alpha value is -6.41. The molecule has 0 saturated carbocycles. The van der Waals surface area contributed by atoms with E-state index < -0.39 is 53.3 Å². The van der Waals surface area contributed by atoms with Gasteiger partial charge in [0.15, 0.2) is 11.6 Å². The molecule has 2 heterocycles. The summed E-state index contributed by atoms with van der Waals surface area (Å²) in [5.41, 5.74) is 15.0. The van der Waals surface area contributed by atoms with Gasteiger partial charge in [-0.3, -0.25) is 28.8 Å². The van der Waals surface area contributed by atoms with Crippen LogP contribution >= 0.6 is 0 Å². The molecule has 9 N–H and O–H groups in total. The molecule has 0 aliphatic rings. The number of para-hydroxylation sites is 1. The molecule has 0 fully saturated rings. The average Bonchev–Trinajstić information content (AvgIpc) is 3.86. The number of hydrogen-bond donors (Lipinski definition) is 7. The highest BCUT2D eigenvalue weighted by Gasteiger charge is 2.32. The number of benzene rings is 3. The lowest BCUT2D eigenvalue weighted by Crippen LogP contribution is -2.50. The van der Waals surface area contributed by atoms with Gasteiger partial charge in [0.2, 0.25) is 17.7 Å². The Morgan fingerprint density at radius 2 is 1.40 bits per heavy atom. The second-order valence-electron chi connectivity index (χ2n) is 13.5. The van der Waals surface area contributed by atoms with E-state index >= 15 is 0 Å². The van der Waals surface area contributed by atoms with Crippen molar-refractivity contribution in [3.63, 3.8) is 0 Å². The minimum Gasteiger partial charge on any atom is -0.368 e. The molecule has 5 rings (SSSR count). The van der Waals surface area contributed by atoms with Crippen molar-refractivity contribution in [3.8, 4) is 0 Å². The molecule has 0 unspecified atom stereocenters. The van der Waals surface area contributed by atoms with Crippen LogP contribution < -0.4 is 27.4 Å². The Morgan fingerprint density at radius 3 is 2.09 bits per heavy atom. The Bertz CT molecular complexity index is 2070. The number of H-pyrrole nitrogens is 2. The molecule has 0 aliphatic heterocycles. The van der Waals surface area contributed by atoms with E-state index in [1.807, 2.05) is 54.6 Å². The van der Waals surface area contributed by atoms with Crippen molar-refractivity contribution in [3.05, 3.63) is 126 Å². The van der Waals surface area contributed by atoms with Crippen molar-refractivity contribution in [2.45, 2.75) is 50.6 Å². The third kappa shape index (κ3) is 11.5. The first-order valence-electron chi connectivity index (χ1n) is 18.1. The van der Waals surface area contributed by atoms with Gasteiger partial charge in [-0.1, -0.05) is 66.7 Å². The normalized spacial score (nSPS) is 13.3. The number of carbonyl (C=O) groups excluding carboxylic acids is 6. The fraction of sp³-hybridized carbons (Fsp3) is 0.293. The van der Waals surface area contributed by atoms with Gasteiger partial charge in [-0.05, 0) is 48.7 Å². The minimum atomic E-state index is -1.07. The van der Waals surface area contributed by atoms with Crippen LogP contribution in [0.15, 0.2) is 104 Å². The zero-order valence-corrected chi connectivity index (χ0v) is 30.3. The number of hydrogen-bond acceptors (Lipinski definition) is 8. The molecular weight excluding hydrogens is 701 g/mol. The first-order chi connectivity index (χ1) is 26.6. The van der Waals surface area contributed by atoms with E-state index in [4.69, 9.17) is 11.5 Å². The highest BCUT2D eigenvalue weighted by molar-refractivity contribution is 5.98. The fourth-order valence-electron chi connectivity index (χ4n) is 6.47. The van der Waals surface area contributed by atoms with E-state index in [0.29, 0.717) is 11.3 Å². The zero-order valence-electron chi connectivity index (χ0n) is 30.3. The van der Waals surface area contributed by atoms with Crippen molar-refractivity contribution in [1.82, 2.24) is 30.9 Å². The summed E-state index contributed by atoms with van der Waals surface area (Å²) < 4.78 is 0. The lowest BCUT2D eigenvalue weighted by atomic mass is 9.90. The fourth-order valence-corrected chi connectivity index (χ4v) is 6.47. The van der Waals surface area contributed by atoms with Gasteiger partial charge in [0, 0.05) is 66.2 Å². The van der Waals surface area contributed by atoms with Gasteiger partial charge in [0.25, 0.3) is 5.91 Å². The van der Waals surface area contributed by atoms with Crippen LogP contribution in [0.25, 0.3) is 10.9 Å². The van der Waals surface area contributed by atoms with Gasteiger partial charge in [0.1, 0.15) is 6.04 Å². The maximum atomic E-state index is 14.1. The number of fused-ring (bicyclic) bond motifs is 1. The molecule has 14 heteroatoms. The predicted molar refractivity (Wildman–Crippen MR) is 206 cm³/mol. The average molecular weight is 747 g/mol. The standard InChI is InChI=1S/C41H46N8O6/c42-16-15-28(40(54)49-36(38(43)52)20-30-22-45-34-14-8-7-13-33(30)34)21-37(51)35(17-26-9-3-1-4-10-26)48-41(55)29(18-31-23-44-25-47-31)19-32(50)24-46-39(53)27-11-5-2-6-12-27/h1-14,22-23,25,28-29,35-36,45H,15-21,24,42H2,(H2,43,52)(H,44,47)(H,46,53)(H,48,55)(H,49,54)/t28-,29-,35-,36+/m1/s1. The van der Waals surface area contributed by atoms with Gasteiger partial charge < -0.3 is 37.4 Å². The summed E-state index contributed by atoms with van der Waals surface area (Å²) in [6.07, 6.45) is 4.75. The molecule has 0 spiro atoms. The van der Waals surface area contributed by atoms with E-state index in [1.54, 1.807) is 42.7 Å².